The van der Waals surface area contributed by atoms with Gasteiger partial charge in [0.15, 0.2) is 0 Å². The molecule has 0 aliphatic heterocycles. The van der Waals surface area contributed by atoms with Crippen molar-refractivity contribution in [1.82, 2.24) is 29.7 Å². The van der Waals surface area contributed by atoms with E-state index in [2.05, 4.69) is 30.9 Å². The number of carbonyl (C=O) groups is 1. The number of carbonyl (C=O) groups excluding carboxylic acids is 1. The summed E-state index contributed by atoms with van der Waals surface area (Å²) in [6, 6.07) is 2.62. The molecule has 8 nitrogen and oxygen atoms in total. The molecule has 4 rings (SSSR count). The Labute approximate surface area is 157 Å². The lowest BCUT2D eigenvalue weighted by Gasteiger charge is -2.30. The van der Waals surface area contributed by atoms with Crippen LogP contribution in [0.2, 0.25) is 0 Å². The van der Waals surface area contributed by atoms with Crippen molar-refractivity contribution in [2.24, 2.45) is 0 Å². The minimum absolute atomic E-state index is 0.178. The smallest absolute Gasteiger partial charge is 0.407 e. The molecule has 3 aromatic rings. The number of amides is 1. The van der Waals surface area contributed by atoms with Gasteiger partial charge in [0.1, 0.15) is 17.8 Å². The molecule has 1 aliphatic rings. The minimum Gasteiger partial charge on any atom is -0.448 e. The summed E-state index contributed by atoms with van der Waals surface area (Å²) >= 11 is 0. The first kappa shape index (κ1) is 17.8. The normalized spacial score (nSPS) is 20.4. The first-order valence-electron chi connectivity index (χ1n) is 9.48. The highest BCUT2D eigenvalue weighted by atomic mass is 16.5. The third kappa shape index (κ3) is 3.75. The second-order valence-corrected chi connectivity index (χ2v) is 7.47. The first-order valence-corrected chi connectivity index (χ1v) is 9.48. The fourth-order valence-electron chi connectivity index (χ4n) is 3.84. The van der Waals surface area contributed by atoms with E-state index in [1.54, 1.807) is 0 Å². The molecule has 27 heavy (non-hydrogen) atoms. The van der Waals surface area contributed by atoms with E-state index in [0.29, 0.717) is 12.6 Å². The van der Waals surface area contributed by atoms with E-state index in [4.69, 9.17) is 4.74 Å². The number of H-pyrrole nitrogens is 1. The average molecular weight is 370 g/mol. The third-order valence-electron chi connectivity index (χ3n) is 5.30. The third-order valence-corrected chi connectivity index (χ3v) is 5.30. The van der Waals surface area contributed by atoms with Crippen LogP contribution in [0.15, 0.2) is 24.8 Å². The molecule has 8 heteroatoms. The van der Waals surface area contributed by atoms with Crippen LogP contribution >= 0.6 is 0 Å². The maximum Gasteiger partial charge on any atom is 0.407 e. The van der Waals surface area contributed by atoms with Gasteiger partial charge in [-0.05, 0) is 45.8 Å². The summed E-state index contributed by atoms with van der Waals surface area (Å²) in [5.74, 6) is 0. The predicted octanol–water partition coefficient (Wildman–Crippen LogP) is 2.68. The number of pyridine rings is 1. The van der Waals surface area contributed by atoms with Gasteiger partial charge >= 0.3 is 6.09 Å². The molecule has 0 unspecified atom stereocenters. The number of nitrogens with zero attached hydrogens (tertiary/aromatic N) is 4. The van der Waals surface area contributed by atoms with Crippen molar-refractivity contribution in [2.75, 3.05) is 27.2 Å². The van der Waals surface area contributed by atoms with Gasteiger partial charge in [-0.25, -0.2) is 14.8 Å². The van der Waals surface area contributed by atoms with Gasteiger partial charge in [-0.3, -0.25) is 0 Å². The van der Waals surface area contributed by atoms with E-state index in [-0.39, 0.29) is 12.1 Å². The Morgan fingerprint density at radius 3 is 2.93 bits per heavy atom. The molecule has 0 saturated heterocycles. The monoisotopic (exact) mass is 370 g/mol. The Morgan fingerprint density at radius 1 is 1.33 bits per heavy atom. The molecule has 1 saturated carbocycles. The lowest BCUT2D eigenvalue weighted by Crippen LogP contribution is -2.39. The molecule has 0 atom stereocenters. The van der Waals surface area contributed by atoms with Crippen LogP contribution in [0.25, 0.3) is 22.1 Å². The molecule has 1 aliphatic carbocycles. The number of imidazole rings is 1. The Hall–Kier alpha value is -2.61. The number of aromatic nitrogens is 4. The minimum atomic E-state index is -0.312. The standard InChI is InChI=1S/C19H26N6O2/c1-24(2)9-10-27-19(26)23-13-3-5-14(6-4-13)25-12-22-16-11-21-18-15(17(16)25)7-8-20-18/h7-8,11-14H,3-6,9-10H2,1-2H3,(H,20,21)(H,23,26)/t13-,14-. The highest BCUT2D eigenvalue weighted by Gasteiger charge is 2.25. The van der Waals surface area contributed by atoms with Gasteiger partial charge in [0.25, 0.3) is 0 Å². The number of hydrogen-bond acceptors (Lipinski definition) is 5. The number of nitrogens with one attached hydrogen (secondary N) is 2. The molecule has 0 radical (unpaired) electrons. The van der Waals surface area contributed by atoms with E-state index >= 15 is 0 Å². The van der Waals surface area contributed by atoms with Crippen LogP contribution in [0, 0.1) is 0 Å². The number of fused-ring (bicyclic) bond motifs is 3. The lowest BCUT2D eigenvalue weighted by molar-refractivity contribution is 0.129. The van der Waals surface area contributed by atoms with Crippen molar-refractivity contribution in [2.45, 2.75) is 37.8 Å². The van der Waals surface area contributed by atoms with E-state index < -0.39 is 0 Å². The zero-order chi connectivity index (χ0) is 18.8. The number of aromatic amines is 1. The number of alkyl carbamates (subject to hydrolysis) is 1. The maximum absolute atomic E-state index is 11.9. The molecule has 3 heterocycles. The average Bonchev–Trinajstić information content (AvgIpc) is 3.28. The fraction of sp³-hybridized carbons (Fsp3) is 0.526. The molecular formula is C19H26N6O2. The zero-order valence-electron chi connectivity index (χ0n) is 15.8. The van der Waals surface area contributed by atoms with E-state index in [9.17, 15) is 4.79 Å². The summed E-state index contributed by atoms with van der Waals surface area (Å²) in [6.07, 6.45) is 9.23. The summed E-state index contributed by atoms with van der Waals surface area (Å²) in [6.45, 7) is 1.15. The largest absolute Gasteiger partial charge is 0.448 e. The SMILES string of the molecule is CN(C)CCOC(=O)N[C@H]1CC[C@H](n2cnc3cnc4[nH]ccc4c32)CC1. The summed E-state index contributed by atoms with van der Waals surface area (Å²) < 4.78 is 7.51. The maximum atomic E-state index is 11.9. The van der Waals surface area contributed by atoms with Crippen LogP contribution in [0.1, 0.15) is 31.7 Å². The van der Waals surface area contributed by atoms with Crippen molar-refractivity contribution >= 4 is 28.2 Å². The number of ether oxygens (including phenoxy) is 1. The van der Waals surface area contributed by atoms with Crippen LogP contribution in [0.3, 0.4) is 0 Å². The summed E-state index contributed by atoms with van der Waals surface area (Å²) in [5.41, 5.74) is 2.95. The zero-order valence-corrected chi connectivity index (χ0v) is 15.8. The van der Waals surface area contributed by atoms with E-state index in [0.717, 1.165) is 54.3 Å². The van der Waals surface area contributed by atoms with Crippen LogP contribution in [-0.4, -0.2) is 63.8 Å². The number of rotatable bonds is 5. The van der Waals surface area contributed by atoms with Crippen molar-refractivity contribution < 1.29 is 9.53 Å². The van der Waals surface area contributed by atoms with Crippen LogP contribution in [0.5, 0.6) is 0 Å². The predicted molar refractivity (Wildman–Crippen MR) is 104 cm³/mol. The van der Waals surface area contributed by atoms with Gasteiger partial charge in [-0.15, -0.1) is 0 Å². The highest BCUT2D eigenvalue weighted by Crippen LogP contribution is 2.33. The quantitative estimate of drug-likeness (QED) is 0.721. The Kier molecular flexibility index (Phi) is 4.98. The molecule has 0 aromatic carbocycles. The van der Waals surface area contributed by atoms with E-state index in [1.807, 2.05) is 37.7 Å². The molecular weight excluding hydrogens is 344 g/mol. The summed E-state index contributed by atoms with van der Waals surface area (Å²) in [7, 11) is 3.92. The molecule has 1 amide bonds. The second-order valence-electron chi connectivity index (χ2n) is 7.47. The molecule has 144 valence electrons. The Morgan fingerprint density at radius 2 is 2.15 bits per heavy atom. The van der Waals surface area contributed by atoms with Gasteiger partial charge in [-0.1, -0.05) is 0 Å². The molecule has 0 spiro atoms. The van der Waals surface area contributed by atoms with Gasteiger partial charge in [0.2, 0.25) is 0 Å². The van der Waals surface area contributed by atoms with Crippen molar-refractivity contribution in [3.8, 4) is 0 Å². The van der Waals surface area contributed by atoms with Crippen molar-refractivity contribution in [1.29, 1.82) is 0 Å². The van der Waals surface area contributed by atoms with Crippen molar-refractivity contribution in [3.63, 3.8) is 0 Å². The van der Waals surface area contributed by atoms with Crippen molar-refractivity contribution in [3.05, 3.63) is 24.8 Å². The van der Waals surface area contributed by atoms with Gasteiger partial charge in [-0.2, -0.15) is 0 Å². The van der Waals surface area contributed by atoms with E-state index in [1.165, 1.54) is 0 Å². The highest BCUT2D eigenvalue weighted by molar-refractivity contribution is 6.00. The van der Waals surface area contributed by atoms with Gasteiger partial charge < -0.3 is 24.5 Å². The Balaban J connectivity index is 1.38. The fourth-order valence-corrected chi connectivity index (χ4v) is 3.84. The molecule has 1 fully saturated rings. The number of likely N-dealkylation sites (N-methyl/N-ethyl adjacent to an activating group) is 1. The van der Waals surface area contributed by atoms with Gasteiger partial charge in [0, 0.05) is 30.2 Å². The van der Waals surface area contributed by atoms with Crippen LogP contribution in [-0.2, 0) is 4.74 Å². The van der Waals surface area contributed by atoms with Crippen LogP contribution < -0.4 is 5.32 Å². The number of hydrogen-bond donors (Lipinski definition) is 2. The summed E-state index contributed by atoms with van der Waals surface area (Å²) in [5, 5.41) is 4.11. The molecule has 3 aromatic heterocycles. The first-order chi connectivity index (χ1) is 13.1. The lowest BCUT2D eigenvalue weighted by atomic mass is 9.91. The molecule has 2 N–H and O–H groups in total. The van der Waals surface area contributed by atoms with Crippen LogP contribution in [0.4, 0.5) is 4.79 Å². The Bertz CT molecular complexity index is 923. The second kappa shape index (κ2) is 7.56. The topological polar surface area (TPSA) is 88.1 Å². The summed E-state index contributed by atoms with van der Waals surface area (Å²) in [4.78, 5) is 26.0. The van der Waals surface area contributed by atoms with Gasteiger partial charge in [0.05, 0.1) is 18.0 Å². The molecule has 0 bridgehead atoms.